The van der Waals surface area contributed by atoms with Crippen LogP contribution in [0.4, 0.5) is 0 Å². The number of fused-ring (bicyclic) bond motifs is 1. The normalized spacial score (nSPS) is 18.2. The number of carbonyl (C=O) groups is 3. The van der Waals surface area contributed by atoms with E-state index in [0.29, 0.717) is 37.3 Å². The fraction of sp³-hybridized carbons (Fsp3) is 0.522. The largest absolute Gasteiger partial charge is 0.378 e. The van der Waals surface area contributed by atoms with Crippen molar-refractivity contribution in [1.29, 1.82) is 0 Å². The van der Waals surface area contributed by atoms with E-state index in [2.05, 4.69) is 5.32 Å². The molecule has 1 aromatic heterocycles. The number of para-hydroxylation sites is 1. The van der Waals surface area contributed by atoms with Crippen LogP contribution in [-0.2, 0) is 20.9 Å². The number of amides is 2. The molecule has 1 aliphatic heterocycles. The fourth-order valence-corrected chi connectivity index (χ4v) is 4.41. The average Bonchev–Trinajstić information content (AvgIpc) is 2.94. The van der Waals surface area contributed by atoms with Gasteiger partial charge in [-0.05, 0) is 18.9 Å². The Morgan fingerprint density at radius 1 is 1.00 bits per heavy atom. The first-order valence-corrected chi connectivity index (χ1v) is 10.9. The molecule has 2 aliphatic rings. The van der Waals surface area contributed by atoms with E-state index in [1.807, 2.05) is 24.3 Å². The van der Waals surface area contributed by atoms with Gasteiger partial charge in [0, 0.05) is 36.2 Å². The summed E-state index contributed by atoms with van der Waals surface area (Å²) < 4.78 is 7.09. The molecule has 160 valence electrons. The van der Waals surface area contributed by atoms with Gasteiger partial charge in [0.25, 0.3) is 11.7 Å². The minimum Gasteiger partial charge on any atom is -0.378 e. The van der Waals surface area contributed by atoms with Crippen molar-refractivity contribution >= 4 is 28.5 Å². The van der Waals surface area contributed by atoms with Gasteiger partial charge in [0.2, 0.25) is 5.91 Å². The van der Waals surface area contributed by atoms with Crippen molar-refractivity contribution in [2.24, 2.45) is 0 Å². The maximum Gasteiger partial charge on any atom is 0.292 e. The number of benzene rings is 1. The molecule has 1 N–H and O–H groups in total. The zero-order valence-electron chi connectivity index (χ0n) is 17.3. The van der Waals surface area contributed by atoms with Gasteiger partial charge < -0.3 is 19.5 Å². The van der Waals surface area contributed by atoms with Gasteiger partial charge >= 0.3 is 0 Å². The lowest BCUT2D eigenvalue weighted by Crippen LogP contribution is -2.42. The van der Waals surface area contributed by atoms with E-state index in [1.165, 1.54) is 12.8 Å². The third-order valence-electron chi connectivity index (χ3n) is 6.10. The van der Waals surface area contributed by atoms with Gasteiger partial charge in [0.1, 0.15) is 6.54 Å². The Morgan fingerprint density at radius 3 is 2.43 bits per heavy atom. The van der Waals surface area contributed by atoms with Crippen LogP contribution < -0.4 is 5.32 Å². The molecule has 2 heterocycles. The Bertz CT molecular complexity index is 922. The number of hydrogen-bond donors (Lipinski definition) is 1. The summed E-state index contributed by atoms with van der Waals surface area (Å²) in [7, 11) is 0. The van der Waals surface area contributed by atoms with Crippen molar-refractivity contribution in [3.05, 3.63) is 36.0 Å². The van der Waals surface area contributed by atoms with Gasteiger partial charge in [-0.15, -0.1) is 0 Å². The third kappa shape index (κ3) is 4.56. The molecular formula is C23H29N3O4. The van der Waals surface area contributed by atoms with Crippen molar-refractivity contribution < 1.29 is 19.1 Å². The highest BCUT2D eigenvalue weighted by molar-refractivity contribution is 6.45. The Balaban J connectivity index is 1.52. The van der Waals surface area contributed by atoms with E-state index in [4.69, 9.17) is 4.74 Å². The molecule has 0 unspecified atom stereocenters. The van der Waals surface area contributed by atoms with Gasteiger partial charge in [0.15, 0.2) is 0 Å². The molecule has 1 saturated carbocycles. The molecule has 7 nitrogen and oxygen atoms in total. The van der Waals surface area contributed by atoms with E-state index < -0.39 is 11.7 Å². The predicted octanol–water partition coefficient (Wildman–Crippen LogP) is 2.52. The number of aromatic nitrogens is 1. The lowest BCUT2D eigenvalue weighted by molar-refractivity contribution is -0.135. The summed E-state index contributed by atoms with van der Waals surface area (Å²) in [6.07, 6.45) is 8.04. The maximum atomic E-state index is 13.0. The zero-order valence-corrected chi connectivity index (χ0v) is 17.3. The topological polar surface area (TPSA) is 80.6 Å². The molecular weight excluding hydrogens is 382 g/mol. The minimum atomic E-state index is -0.552. The molecule has 4 rings (SSSR count). The van der Waals surface area contributed by atoms with Gasteiger partial charge in [-0.2, -0.15) is 0 Å². The SMILES string of the molecule is O=C(NC1CCCCCC1)C(=O)c1cn(CC(=O)N2CCOCC2)c2ccccc12. The first kappa shape index (κ1) is 20.6. The van der Waals surface area contributed by atoms with Crippen LogP contribution in [0.3, 0.4) is 0 Å². The number of nitrogens with zero attached hydrogens (tertiary/aromatic N) is 2. The monoisotopic (exact) mass is 411 g/mol. The smallest absolute Gasteiger partial charge is 0.292 e. The van der Waals surface area contributed by atoms with Crippen LogP contribution in [0.2, 0.25) is 0 Å². The average molecular weight is 412 g/mol. The second kappa shape index (κ2) is 9.43. The lowest BCUT2D eigenvalue weighted by Gasteiger charge is -2.27. The Kier molecular flexibility index (Phi) is 6.47. The van der Waals surface area contributed by atoms with Crippen molar-refractivity contribution in [2.45, 2.75) is 51.1 Å². The van der Waals surface area contributed by atoms with E-state index in [0.717, 1.165) is 31.2 Å². The Hall–Kier alpha value is -2.67. The molecule has 0 spiro atoms. The maximum absolute atomic E-state index is 13.0. The summed E-state index contributed by atoms with van der Waals surface area (Å²) in [4.78, 5) is 40.2. The van der Waals surface area contributed by atoms with Gasteiger partial charge in [-0.25, -0.2) is 0 Å². The van der Waals surface area contributed by atoms with Crippen LogP contribution in [-0.4, -0.2) is 59.4 Å². The van der Waals surface area contributed by atoms with Crippen LogP contribution in [0.5, 0.6) is 0 Å². The Labute approximate surface area is 176 Å². The summed E-state index contributed by atoms with van der Waals surface area (Å²) in [6.45, 7) is 2.38. The van der Waals surface area contributed by atoms with E-state index in [9.17, 15) is 14.4 Å². The van der Waals surface area contributed by atoms with Crippen molar-refractivity contribution in [2.75, 3.05) is 26.3 Å². The van der Waals surface area contributed by atoms with E-state index >= 15 is 0 Å². The molecule has 1 aromatic carbocycles. The van der Waals surface area contributed by atoms with Crippen molar-refractivity contribution in [3.8, 4) is 0 Å². The van der Waals surface area contributed by atoms with E-state index in [-0.39, 0.29) is 18.5 Å². The highest BCUT2D eigenvalue weighted by Crippen LogP contribution is 2.23. The van der Waals surface area contributed by atoms with Crippen molar-refractivity contribution in [3.63, 3.8) is 0 Å². The first-order valence-electron chi connectivity index (χ1n) is 10.9. The zero-order chi connectivity index (χ0) is 20.9. The second-order valence-corrected chi connectivity index (χ2v) is 8.17. The van der Waals surface area contributed by atoms with Gasteiger partial charge in [-0.3, -0.25) is 14.4 Å². The summed E-state index contributed by atoms with van der Waals surface area (Å²) in [5, 5.41) is 3.64. The first-order chi connectivity index (χ1) is 14.6. The number of carbonyl (C=O) groups excluding carboxylic acids is 3. The molecule has 0 bridgehead atoms. The number of Topliss-reactive ketones (excluding diaryl/α,β-unsaturated/α-hetero) is 1. The number of rotatable bonds is 5. The fourth-order valence-electron chi connectivity index (χ4n) is 4.41. The number of ether oxygens (including phenoxy) is 1. The molecule has 7 heteroatoms. The van der Waals surface area contributed by atoms with Gasteiger partial charge in [0.05, 0.1) is 18.8 Å². The summed E-state index contributed by atoms with van der Waals surface area (Å²) in [6, 6.07) is 7.49. The van der Waals surface area contributed by atoms with Crippen LogP contribution in [0.1, 0.15) is 48.9 Å². The summed E-state index contributed by atoms with van der Waals surface area (Å²) >= 11 is 0. The molecule has 2 fully saturated rings. The molecule has 0 radical (unpaired) electrons. The number of morpholine rings is 1. The highest BCUT2D eigenvalue weighted by Gasteiger charge is 2.25. The molecule has 1 saturated heterocycles. The highest BCUT2D eigenvalue weighted by atomic mass is 16.5. The second-order valence-electron chi connectivity index (χ2n) is 8.17. The van der Waals surface area contributed by atoms with Crippen LogP contribution >= 0.6 is 0 Å². The van der Waals surface area contributed by atoms with Crippen LogP contribution in [0.25, 0.3) is 10.9 Å². The van der Waals surface area contributed by atoms with Crippen molar-refractivity contribution in [1.82, 2.24) is 14.8 Å². The molecule has 2 aromatic rings. The number of ketones is 1. The number of hydrogen-bond acceptors (Lipinski definition) is 4. The molecule has 30 heavy (non-hydrogen) atoms. The van der Waals surface area contributed by atoms with Gasteiger partial charge in [-0.1, -0.05) is 43.9 Å². The predicted molar refractivity (Wildman–Crippen MR) is 113 cm³/mol. The minimum absolute atomic E-state index is 0.0130. The standard InChI is InChI=1S/C23H29N3O4/c27-21(25-11-13-30-14-12-25)16-26-15-19(18-9-5-6-10-20(18)26)22(28)23(29)24-17-7-3-1-2-4-8-17/h5-6,9-10,15,17H,1-4,7-8,11-14,16H2,(H,24,29). The molecule has 1 aliphatic carbocycles. The summed E-state index contributed by atoms with van der Waals surface area (Å²) in [5.74, 6) is -1.10. The lowest BCUT2D eigenvalue weighted by atomic mass is 10.1. The third-order valence-corrected chi connectivity index (χ3v) is 6.10. The van der Waals surface area contributed by atoms with E-state index in [1.54, 1.807) is 15.7 Å². The summed E-state index contributed by atoms with van der Waals surface area (Å²) in [5.41, 5.74) is 1.14. The molecule has 2 amide bonds. The van der Waals surface area contributed by atoms with Crippen LogP contribution in [0.15, 0.2) is 30.5 Å². The quantitative estimate of drug-likeness (QED) is 0.466. The molecule has 0 atom stereocenters. The van der Waals surface area contributed by atoms with Crippen LogP contribution in [0, 0.1) is 0 Å². The Morgan fingerprint density at radius 2 is 1.70 bits per heavy atom. The number of nitrogens with one attached hydrogen (secondary N) is 1.